The second kappa shape index (κ2) is 6.87. The molecule has 0 aliphatic rings. The highest BCUT2D eigenvalue weighted by Gasteiger charge is 1.97. The number of primary amides is 1. The highest BCUT2D eigenvalue weighted by Crippen LogP contribution is 1.75. The number of ether oxygens (including phenoxy) is 1. The molecule has 2 amide bonds. The predicted octanol–water partition coefficient (Wildman–Crippen LogP) is -1.16. The summed E-state index contributed by atoms with van der Waals surface area (Å²) in [5.74, 6) is -0.867. The van der Waals surface area contributed by atoms with Crippen LogP contribution in [0.25, 0.3) is 0 Å². The fourth-order valence-electron chi connectivity index (χ4n) is 0.483. The van der Waals surface area contributed by atoms with Crippen molar-refractivity contribution in [3.63, 3.8) is 0 Å². The lowest BCUT2D eigenvalue weighted by Crippen LogP contribution is -2.29. The third kappa shape index (κ3) is 7.30. The van der Waals surface area contributed by atoms with Gasteiger partial charge in [0, 0.05) is 6.54 Å². The average Bonchev–Trinajstić information content (AvgIpc) is 2.03. The predicted molar refractivity (Wildman–Crippen MR) is 43.7 cm³/mol. The van der Waals surface area contributed by atoms with E-state index in [4.69, 9.17) is 22.1 Å². The summed E-state index contributed by atoms with van der Waals surface area (Å²) in [7, 11) is 0. The summed E-state index contributed by atoms with van der Waals surface area (Å²) in [6.45, 7) is 0.459. The van der Waals surface area contributed by atoms with E-state index < -0.39 is 5.91 Å². The first-order chi connectivity index (χ1) is 5.66. The number of carbonyl (C=O) groups is 2. The Morgan fingerprint density at radius 3 is 2.67 bits per heavy atom. The molecule has 0 saturated carbocycles. The van der Waals surface area contributed by atoms with Gasteiger partial charge in [0.05, 0.1) is 6.61 Å². The molecule has 0 saturated heterocycles. The molecule has 0 aromatic heterocycles. The van der Waals surface area contributed by atoms with Crippen molar-refractivity contribution in [2.75, 3.05) is 25.6 Å². The zero-order valence-electron chi connectivity index (χ0n) is 6.51. The molecule has 3 N–H and O–H groups in total. The van der Waals surface area contributed by atoms with Crippen LogP contribution in [0.5, 0.6) is 0 Å². The standard InChI is InChI=1S/C6H11ClN2O3/c7-3-6(11)9-1-2-12-4-5(8)10/h1-4H2,(H2,8,10)(H,9,11). The third-order valence-electron chi connectivity index (χ3n) is 0.934. The Morgan fingerprint density at radius 1 is 1.50 bits per heavy atom. The normalized spacial score (nSPS) is 9.42. The summed E-state index contributed by atoms with van der Waals surface area (Å²) in [5, 5.41) is 2.46. The van der Waals surface area contributed by atoms with Crippen LogP contribution < -0.4 is 11.1 Å². The lowest BCUT2D eigenvalue weighted by atomic mass is 10.6. The van der Waals surface area contributed by atoms with Crippen molar-refractivity contribution >= 4 is 23.4 Å². The molecule has 12 heavy (non-hydrogen) atoms. The van der Waals surface area contributed by atoms with Crippen LogP contribution in [0.15, 0.2) is 0 Å². The van der Waals surface area contributed by atoms with Crippen LogP contribution in [-0.2, 0) is 14.3 Å². The van der Waals surface area contributed by atoms with Gasteiger partial charge in [0.25, 0.3) is 0 Å². The van der Waals surface area contributed by atoms with Crippen LogP contribution in [-0.4, -0.2) is 37.5 Å². The first kappa shape index (κ1) is 11.2. The molecule has 0 aromatic carbocycles. The Labute approximate surface area is 75.2 Å². The minimum absolute atomic E-state index is 0.0736. The largest absolute Gasteiger partial charge is 0.370 e. The van der Waals surface area contributed by atoms with Gasteiger partial charge in [-0.2, -0.15) is 0 Å². The van der Waals surface area contributed by atoms with Crippen molar-refractivity contribution in [2.24, 2.45) is 5.73 Å². The van der Waals surface area contributed by atoms with Gasteiger partial charge in [0.1, 0.15) is 12.5 Å². The van der Waals surface area contributed by atoms with Crippen LogP contribution in [0.2, 0.25) is 0 Å². The number of carbonyl (C=O) groups excluding carboxylic acids is 2. The van der Waals surface area contributed by atoms with Gasteiger partial charge in [-0.25, -0.2) is 0 Å². The van der Waals surface area contributed by atoms with Gasteiger partial charge in [-0.1, -0.05) is 0 Å². The highest BCUT2D eigenvalue weighted by molar-refractivity contribution is 6.27. The van der Waals surface area contributed by atoms with Crippen molar-refractivity contribution < 1.29 is 14.3 Å². The Balaban J connectivity index is 3.11. The van der Waals surface area contributed by atoms with Gasteiger partial charge in [-0.3, -0.25) is 9.59 Å². The van der Waals surface area contributed by atoms with Crippen molar-refractivity contribution in [3.05, 3.63) is 0 Å². The lowest BCUT2D eigenvalue weighted by Gasteiger charge is -2.02. The summed E-state index contributed by atoms with van der Waals surface area (Å²) in [6.07, 6.45) is 0. The molecule has 70 valence electrons. The van der Waals surface area contributed by atoms with E-state index in [-0.39, 0.29) is 25.0 Å². The number of nitrogens with two attached hydrogens (primary N) is 1. The summed E-state index contributed by atoms with van der Waals surface area (Å²) >= 11 is 5.19. The van der Waals surface area contributed by atoms with E-state index in [1.807, 2.05) is 0 Å². The van der Waals surface area contributed by atoms with E-state index in [9.17, 15) is 9.59 Å². The van der Waals surface area contributed by atoms with E-state index in [0.717, 1.165) is 0 Å². The molecule has 0 aromatic rings. The van der Waals surface area contributed by atoms with E-state index in [1.165, 1.54) is 0 Å². The van der Waals surface area contributed by atoms with Crippen molar-refractivity contribution in [3.8, 4) is 0 Å². The van der Waals surface area contributed by atoms with E-state index in [2.05, 4.69) is 5.32 Å². The zero-order valence-corrected chi connectivity index (χ0v) is 7.26. The number of hydrogen-bond donors (Lipinski definition) is 2. The molecule has 5 nitrogen and oxygen atoms in total. The molecule has 0 aliphatic carbocycles. The van der Waals surface area contributed by atoms with Gasteiger partial charge >= 0.3 is 0 Å². The molecular formula is C6H11ClN2O3. The summed E-state index contributed by atoms with van der Waals surface area (Å²) < 4.78 is 4.76. The first-order valence-electron chi connectivity index (χ1n) is 3.35. The molecule has 6 heteroatoms. The number of alkyl halides is 1. The SMILES string of the molecule is NC(=O)COCCNC(=O)CCl. The smallest absolute Gasteiger partial charge is 0.243 e. The minimum Gasteiger partial charge on any atom is -0.370 e. The third-order valence-corrected chi connectivity index (χ3v) is 1.18. The molecule has 0 unspecified atom stereocenters. The van der Waals surface area contributed by atoms with Crippen LogP contribution in [0.4, 0.5) is 0 Å². The molecule has 0 spiro atoms. The first-order valence-corrected chi connectivity index (χ1v) is 3.89. The Morgan fingerprint density at radius 2 is 2.17 bits per heavy atom. The maximum atomic E-state index is 10.5. The molecule has 0 bridgehead atoms. The van der Waals surface area contributed by atoms with Gasteiger partial charge in [-0.05, 0) is 0 Å². The average molecular weight is 195 g/mol. The number of amides is 2. The summed E-state index contributed by atoms with van der Waals surface area (Å²) in [6, 6.07) is 0. The van der Waals surface area contributed by atoms with Gasteiger partial charge in [-0.15, -0.1) is 11.6 Å². The topological polar surface area (TPSA) is 81.4 Å². The van der Waals surface area contributed by atoms with Crippen LogP contribution >= 0.6 is 11.6 Å². The van der Waals surface area contributed by atoms with E-state index >= 15 is 0 Å². The van der Waals surface area contributed by atoms with Crippen LogP contribution in [0, 0.1) is 0 Å². The summed E-state index contributed by atoms with van der Waals surface area (Å²) in [5.41, 5.74) is 4.79. The maximum Gasteiger partial charge on any atom is 0.243 e. The van der Waals surface area contributed by atoms with Gasteiger partial charge < -0.3 is 15.8 Å². The fourth-order valence-corrected chi connectivity index (χ4v) is 0.577. The molecule has 0 heterocycles. The second-order valence-corrected chi connectivity index (χ2v) is 2.27. The molecule has 0 radical (unpaired) electrons. The molecule has 0 aliphatic heterocycles. The second-order valence-electron chi connectivity index (χ2n) is 2.00. The Bertz CT molecular complexity index is 163. The number of rotatable bonds is 6. The quantitative estimate of drug-likeness (QED) is 0.414. The Hall–Kier alpha value is -0.810. The highest BCUT2D eigenvalue weighted by atomic mass is 35.5. The molecule has 0 atom stereocenters. The van der Waals surface area contributed by atoms with Gasteiger partial charge in [0.2, 0.25) is 11.8 Å². The zero-order chi connectivity index (χ0) is 9.40. The lowest BCUT2D eigenvalue weighted by molar-refractivity contribution is -0.122. The number of hydrogen-bond acceptors (Lipinski definition) is 3. The maximum absolute atomic E-state index is 10.5. The summed E-state index contributed by atoms with van der Waals surface area (Å²) in [4.78, 5) is 20.7. The molecular weight excluding hydrogens is 184 g/mol. The monoisotopic (exact) mass is 194 g/mol. The molecule has 0 rings (SSSR count). The van der Waals surface area contributed by atoms with Crippen molar-refractivity contribution in [1.82, 2.24) is 5.32 Å². The van der Waals surface area contributed by atoms with Gasteiger partial charge in [0.15, 0.2) is 0 Å². The number of nitrogens with one attached hydrogen (secondary N) is 1. The Kier molecular flexibility index (Phi) is 6.41. The number of halogens is 1. The van der Waals surface area contributed by atoms with Crippen LogP contribution in [0.1, 0.15) is 0 Å². The minimum atomic E-state index is -0.529. The van der Waals surface area contributed by atoms with Crippen molar-refractivity contribution in [2.45, 2.75) is 0 Å². The molecule has 0 fully saturated rings. The fraction of sp³-hybridized carbons (Fsp3) is 0.667. The van der Waals surface area contributed by atoms with E-state index in [1.54, 1.807) is 0 Å². The van der Waals surface area contributed by atoms with Crippen molar-refractivity contribution in [1.29, 1.82) is 0 Å². The van der Waals surface area contributed by atoms with Crippen LogP contribution in [0.3, 0.4) is 0 Å². The van der Waals surface area contributed by atoms with E-state index in [0.29, 0.717) is 6.54 Å².